The number of hydrogen-bond acceptors (Lipinski definition) is 4. The molecular formula is C16H25N3O. The lowest BCUT2D eigenvalue weighted by Crippen LogP contribution is -2.45. The summed E-state index contributed by atoms with van der Waals surface area (Å²) in [5, 5.41) is 0. The van der Waals surface area contributed by atoms with Crippen molar-refractivity contribution in [3.63, 3.8) is 0 Å². The van der Waals surface area contributed by atoms with E-state index in [1.165, 1.54) is 16.8 Å². The molecule has 0 saturated carbocycles. The molecule has 1 aromatic rings. The van der Waals surface area contributed by atoms with E-state index in [9.17, 15) is 0 Å². The van der Waals surface area contributed by atoms with Crippen molar-refractivity contribution >= 4 is 5.69 Å². The van der Waals surface area contributed by atoms with Gasteiger partial charge in [0.05, 0.1) is 7.11 Å². The molecule has 0 radical (unpaired) electrons. The number of fused-ring (bicyclic) bond motifs is 1. The average Bonchev–Trinajstić information content (AvgIpc) is 2.47. The van der Waals surface area contributed by atoms with Crippen LogP contribution >= 0.6 is 0 Å². The number of benzene rings is 1. The van der Waals surface area contributed by atoms with Gasteiger partial charge in [-0.05, 0) is 44.0 Å². The molecule has 1 aliphatic carbocycles. The maximum absolute atomic E-state index is 6.41. The minimum Gasteiger partial charge on any atom is -0.496 e. The zero-order valence-electron chi connectivity index (χ0n) is 12.6. The molecule has 2 N–H and O–H groups in total. The third-order valence-electron chi connectivity index (χ3n) is 4.67. The molecular weight excluding hydrogens is 250 g/mol. The molecule has 0 amide bonds. The Kier molecular flexibility index (Phi) is 3.85. The molecule has 1 unspecified atom stereocenters. The SMILES string of the molecule is COc1ccc(N2CCN(C)CC2)c2c1CCCC2N. The summed E-state index contributed by atoms with van der Waals surface area (Å²) < 4.78 is 5.54. The largest absolute Gasteiger partial charge is 0.496 e. The van der Waals surface area contributed by atoms with Crippen LogP contribution in [0.2, 0.25) is 0 Å². The second-order valence-electron chi connectivity index (χ2n) is 5.97. The molecule has 2 aliphatic rings. The van der Waals surface area contributed by atoms with Crippen molar-refractivity contribution in [2.45, 2.75) is 25.3 Å². The summed E-state index contributed by atoms with van der Waals surface area (Å²) >= 11 is 0. The number of hydrogen-bond donors (Lipinski definition) is 1. The first-order valence-electron chi connectivity index (χ1n) is 7.59. The third kappa shape index (κ3) is 2.38. The van der Waals surface area contributed by atoms with Crippen LogP contribution in [-0.2, 0) is 6.42 Å². The van der Waals surface area contributed by atoms with Gasteiger partial charge in [0.2, 0.25) is 0 Å². The summed E-state index contributed by atoms with van der Waals surface area (Å²) in [6.45, 7) is 4.41. The summed E-state index contributed by atoms with van der Waals surface area (Å²) in [6, 6.07) is 4.47. The predicted molar refractivity (Wildman–Crippen MR) is 82.6 cm³/mol. The molecule has 4 nitrogen and oxygen atoms in total. The first-order valence-corrected chi connectivity index (χ1v) is 7.59. The fraction of sp³-hybridized carbons (Fsp3) is 0.625. The number of nitrogens with zero attached hydrogens (tertiary/aromatic N) is 2. The Hall–Kier alpha value is -1.26. The number of piperazine rings is 1. The summed E-state index contributed by atoms with van der Waals surface area (Å²) in [4.78, 5) is 4.87. The topological polar surface area (TPSA) is 41.7 Å². The highest BCUT2D eigenvalue weighted by molar-refractivity contribution is 5.63. The average molecular weight is 275 g/mol. The molecule has 1 saturated heterocycles. The van der Waals surface area contributed by atoms with Crippen molar-refractivity contribution in [1.82, 2.24) is 4.90 Å². The zero-order valence-corrected chi connectivity index (χ0v) is 12.6. The second-order valence-corrected chi connectivity index (χ2v) is 5.97. The predicted octanol–water partition coefficient (Wildman–Crippen LogP) is 1.78. The van der Waals surface area contributed by atoms with E-state index in [0.29, 0.717) is 0 Å². The fourth-order valence-corrected chi connectivity index (χ4v) is 3.46. The maximum Gasteiger partial charge on any atom is 0.122 e. The van der Waals surface area contributed by atoms with Crippen LogP contribution < -0.4 is 15.4 Å². The van der Waals surface area contributed by atoms with Crippen LogP contribution in [0.1, 0.15) is 30.0 Å². The maximum atomic E-state index is 6.41. The van der Waals surface area contributed by atoms with Gasteiger partial charge in [-0.2, -0.15) is 0 Å². The molecule has 1 aliphatic heterocycles. The van der Waals surface area contributed by atoms with Crippen LogP contribution in [0.25, 0.3) is 0 Å². The van der Waals surface area contributed by atoms with E-state index in [1.54, 1.807) is 7.11 Å². The van der Waals surface area contributed by atoms with Crippen LogP contribution in [0.5, 0.6) is 5.75 Å². The van der Waals surface area contributed by atoms with Gasteiger partial charge >= 0.3 is 0 Å². The molecule has 1 atom stereocenters. The molecule has 0 aromatic heterocycles. The van der Waals surface area contributed by atoms with Crippen molar-refractivity contribution in [1.29, 1.82) is 0 Å². The van der Waals surface area contributed by atoms with E-state index in [2.05, 4.69) is 29.0 Å². The lowest BCUT2D eigenvalue weighted by Gasteiger charge is -2.37. The summed E-state index contributed by atoms with van der Waals surface area (Å²) in [5.41, 5.74) is 10.4. The number of nitrogens with two attached hydrogens (primary N) is 1. The van der Waals surface area contributed by atoms with Gasteiger partial charge in [-0.25, -0.2) is 0 Å². The molecule has 1 heterocycles. The molecule has 4 heteroatoms. The highest BCUT2D eigenvalue weighted by Gasteiger charge is 2.26. The van der Waals surface area contributed by atoms with E-state index in [4.69, 9.17) is 10.5 Å². The monoisotopic (exact) mass is 275 g/mol. The fourth-order valence-electron chi connectivity index (χ4n) is 3.46. The van der Waals surface area contributed by atoms with E-state index in [-0.39, 0.29) is 6.04 Å². The third-order valence-corrected chi connectivity index (χ3v) is 4.67. The first kappa shape index (κ1) is 13.7. The Morgan fingerprint density at radius 3 is 2.65 bits per heavy atom. The Morgan fingerprint density at radius 2 is 1.95 bits per heavy atom. The van der Waals surface area contributed by atoms with E-state index >= 15 is 0 Å². The molecule has 0 bridgehead atoms. The van der Waals surface area contributed by atoms with Crippen molar-refractivity contribution in [2.24, 2.45) is 5.73 Å². The van der Waals surface area contributed by atoms with Gasteiger partial charge in [0.25, 0.3) is 0 Å². The van der Waals surface area contributed by atoms with Crippen molar-refractivity contribution in [3.8, 4) is 5.75 Å². The molecule has 20 heavy (non-hydrogen) atoms. The second kappa shape index (κ2) is 5.62. The Morgan fingerprint density at radius 1 is 1.20 bits per heavy atom. The van der Waals surface area contributed by atoms with Crippen LogP contribution in [-0.4, -0.2) is 45.2 Å². The van der Waals surface area contributed by atoms with Crippen LogP contribution in [0.15, 0.2) is 12.1 Å². The summed E-state index contributed by atoms with van der Waals surface area (Å²) in [5.74, 6) is 1.01. The number of anilines is 1. The van der Waals surface area contributed by atoms with E-state index in [0.717, 1.165) is 51.2 Å². The summed E-state index contributed by atoms with van der Waals surface area (Å²) in [7, 11) is 3.94. The number of methoxy groups -OCH3 is 1. The molecule has 110 valence electrons. The lowest BCUT2D eigenvalue weighted by atomic mass is 9.85. The molecule has 1 fully saturated rings. The summed E-state index contributed by atoms with van der Waals surface area (Å²) in [6.07, 6.45) is 3.34. The number of ether oxygens (including phenoxy) is 1. The number of likely N-dealkylation sites (N-methyl/N-ethyl adjacent to an activating group) is 1. The smallest absolute Gasteiger partial charge is 0.122 e. The van der Waals surface area contributed by atoms with Gasteiger partial charge < -0.3 is 20.3 Å². The van der Waals surface area contributed by atoms with Gasteiger partial charge in [-0.1, -0.05) is 0 Å². The Labute approximate surface area is 121 Å². The Balaban J connectivity index is 1.99. The van der Waals surface area contributed by atoms with Crippen molar-refractivity contribution in [2.75, 3.05) is 45.2 Å². The van der Waals surface area contributed by atoms with E-state index in [1.807, 2.05) is 0 Å². The quantitative estimate of drug-likeness (QED) is 0.893. The van der Waals surface area contributed by atoms with Crippen LogP contribution in [0.4, 0.5) is 5.69 Å². The first-order chi connectivity index (χ1) is 9.70. The van der Waals surface area contributed by atoms with Gasteiger partial charge in [0, 0.05) is 43.5 Å². The highest BCUT2D eigenvalue weighted by Crippen LogP contribution is 2.40. The van der Waals surface area contributed by atoms with Crippen LogP contribution in [0, 0.1) is 0 Å². The normalized spacial score (nSPS) is 23.6. The van der Waals surface area contributed by atoms with Gasteiger partial charge in [0.1, 0.15) is 5.75 Å². The minimum atomic E-state index is 0.156. The molecule has 1 aromatic carbocycles. The molecule has 0 spiro atoms. The number of rotatable bonds is 2. The van der Waals surface area contributed by atoms with E-state index < -0.39 is 0 Å². The Bertz CT molecular complexity index is 481. The van der Waals surface area contributed by atoms with Crippen molar-refractivity contribution in [3.05, 3.63) is 23.3 Å². The van der Waals surface area contributed by atoms with Gasteiger partial charge in [-0.15, -0.1) is 0 Å². The standard InChI is InChI=1S/C16H25N3O/c1-18-8-10-19(11-9-18)14-6-7-15(20-2)12-4-3-5-13(17)16(12)14/h6-7,13H,3-5,8-11,17H2,1-2H3. The van der Waals surface area contributed by atoms with Gasteiger partial charge in [0.15, 0.2) is 0 Å². The van der Waals surface area contributed by atoms with Crippen LogP contribution in [0.3, 0.4) is 0 Å². The molecule has 3 rings (SSSR count). The zero-order chi connectivity index (χ0) is 14.1. The van der Waals surface area contributed by atoms with Crippen molar-refractivity contribution < 1.29 is 4.74 Å². The lowest BCUT2D eigenvalue weighted by molar-refractivity contribution is 0.312. The highest BCUT2D eigenvalue weighted by atomic mass is 16.5. The van der Waals surface area contributed by atoms with Gasteiger partial charge in [-0.3, -0.25) is 0 Å². The minimum absolute atomic E-state index is 0.156.